The molecule has 0 aromatic rings. The van der Waals surface area contributed by atoms with Gasteiger partial charge < -0.3 is 56.4 Å². The van der Waals surface area contributed by atoms with Gasteiger partial charge in [-0.25, -0.2) is 0 Å². The first kappa shape index (κ1) is 29.6. The predicted molar refractivity (Wildman–Crippen MR) is 137 cm³/mol. The van der Waals surface area contributed by atoms with Gasteiger partial charge in [0.05, 0.1) is 19.2 Å². The van der Waals surface area contributed by atoms with E-state index in [-0.39, 0.29) is 25.3 Å². The van der Waals surface area contributed by atoms with E-state index < -0.39 is 61.1 Å². The van der Waals surface area contributed by atoms with Crippen molar-refractivity contribution in [2.24, 2.45) is 23.3 Å². The highest BCUT2D eigenvalue weighted by Crippen LogP contribution is 2.31. The molecule has 0 spiro atoms. The van der Waals surface area contributed by atoms with Crippen molar-refractivity contribution in [1.29, 1.82) is 0 Å². The molecular weight excluding hydrogens is 496 g/mol. The molecular formula is C26H46N4O8. The summed E-state index contributed by atoms with van der Waals surface area (Å²) in [5.74, 6) is 1.10. The maximum Gasteiger partial charge on any atom is 0.249 e. The third-order valence-electron chi connectivity index (χ3n) is 7.68. The molecule has 4 aliphatic rings. The Hall–Kier alpha value is -1.35. The van der Waals surface area contributed by atoms with Gasteiger partial charge in [-0.2, -0.15) is 0 Å². The van der Waals surface area contributed by atoms with Crippen LogP contribution in [-0.2, 0) is 23.7 Å². The van der Waals surface area contributed by atoms with Crippen molar-refractivity contribution in [2.45, 2.75) is 107 Å². The lowest BCUT2D eigenvalue weighted by atomic mass is 9.83. The Bertz CT molecular complexity index is 799. The van der Waals surface area contributed by atoms with Crippen LogP contribution in [0.5, 0.6) is 0 Å². The van der Waals surface area contributed by atoms with Gasteiger partial charge in [0.25, 0.3) is 0 Å². The summed E-state index contributed by atoms with van der Waals surface area (Å²) in [5.41, 5.74) is 11.9. The summed E-state index contributed by atoms with van der Waals surface area (Å²) in [7, 11) is 0. The second-order valence-electron chi connectivity index (χ2n) is 11.3. The number of rotatable bonds is 12. The number of carbonyl (C=O) groups excluding carboxylic acids is 1. The van der Waals surface area contributed by atoms with Crippen LogP contribution in [0.25, 0.3) is 0 Å². The molecule has 4 rings (SSSR count). The molecule has 3 fully saturated rings. The van der Waals surface area contributed by atoms with E-state index in [4.69, 9.17) is 30.4 Å². The lowest BCUT2D eigenvalue weighted by Gasteiger charge is -2.46. The molecule has 2 saturated carbocycles. The van der Waals surface area contributed by atoms with Crippen molar-refractivity contribution in [3.63, 3.8) is 0 Å². The summed E-state index contributed by atoms with van der Waals surface area (Å²) in [6.45, 7) is 4.10. The summed E-state index contributed by atoms with van der Waals surface area (Å²) >= 11 is 0. The van der Waals surface area contributed by atoms with Gasteiger partial charge in [0.1, 0.15) is 36.3 Å². The van der Waals surface area contributed by atoms with E-state index >= 15 is 0 Å². The van der Waals surface area contributed by atoms with Crippen LogP contribution < -0.4 is 22.1 Å². The molecule has 2 aliphatic carbocycles. The first-order valence-corrected chi connectivity index (χ1v) is 14.0. The zero-order valence-corrected chi connectivity index (χ0v) is 22.2. The van der Waals surface area contributed by atoms with E-state index in [0.717, 1.165) is 24.6 Å². The quantitative estimate of drug-likeness (QED) is 0.157. The number of amides is 1. The zero-order valence-electron chi connectivity index (χ0n) is 22.2. The van der Waals surface area contributed by atoms with Crippen LogP contribution >= 0.6 is 0 Å². The molecule has 0 unspecified atom stereocenters. The zero-order chi connectivity index (χ0) is 27.2. The van der Waals surface area contributed by atoms with E-state index in [1.54, 1.807) is 0 Å². The second kappa shape index (κ2) is 13.8. The van der Waals surface area contributed by atoms with Gasteiger partial charge in [-0.3, -0.25) is 4.79 Å². The molecule has 1 amide bonds. The summed E-state index contributed by atoms with van der Waals surface area (Å²) < 4.78 is 24.0. The SMILES string of the molecule is C[C@@H]1CO[C@H](O[C@@H]2[C@@H](O)[C@H](O[C@@H]3CCC=C(CNCC4CC4)O3)[C@@H](N)C[C@H]2NC(=O)[C@H](O)CCN)[C@H](O)C1. The van der Waals surface area contributed by atoms with Gasteiger partial charge in [0, 0.05) is 12.5 Å². The van der Waals surface area contributed by atoms with Crippen molar-refractivity contribution >= 4 is 5.91 Å². The number of ether oxygens (including phenoxy) is 4. The smallest absolute Gasteiger partial charge is 0.249 e. The Balaban J connectivity index is 1.40. The summed E-state index contributed by atoms with van der Waals surface area (Å²) in [6, 6.07) is -1.39. The van der Waals surface area contributed by atoms with Crippen LogP contribution in [-0.4, -0.2) is 103 Å². The third kappa shape index (κ3) is 8.09. The van der Waals surface area contributed by atoms with Crippen molar-refractivity contribution in [1.82, 2.24) is 10.6 Å². The van der Waals surface area contributed by atoms with Gasteiger partial charge in [0.15, 0.2) is 12.6 Å². The first-order chi connectivity index (χ1) is 18.2. The highest BCUT2D eigenvalue weighted by atomic mass is 16.7. The molecule has 2 aliphatic heterocycles. The molecule has 38 heavy (non-hydrogen) atoms. The fraction of sp³-hybridized carbons (Fsp3) is 0.885. The maximum atomic E-state index is 12.6. The van der Waals surface area contributed by atoms with Crippen molar-refractivity contribution < 1.29 is 39.1 Å². The van der Waals surface area contributed by atoms with Crippen LogP contribution in [0.1, 0.15) is 51.9 Å². The second-order valence-corrected chi connectivity index (χ2v) is 11.3. The van der Waals surface area contributed by atoms with Crippen molar-refractivity contribution in [3.05, 3.63) is 11.8 Å². The van der Waals surface area contributed by atoms with Crippen molar-refractivity contribution in [2.75, 3.05) is 26.2 Å². The number of nitrogens with one attached hydrogen (secondary N) is 2. The molecule has 0 aromatic heterocycles. The monoisotopic (exact) mass is 542 g/mol. The van der Waals surface area contributed by atoms with E-state index in [1.807, 2.05) is 13.0 Å². The van der Waals surface area contributed by atoms with Crippen LogP contribution in [0.4, 0.5) is 0 Å². The van der Waals surface area contributed by atoms with Crippen LogP contribution in [0.2, 0.25) is 0 Å². The predicted octanol–water partition coefficient (Wildman–Crippen LogP) is -1.19. The fourth-order valence-corrected chi connectivity index (χ4v) is 5.31. The highest BCUT2D eigenvalue weighted by molar-refractivity contribution is 5.80. The van der Waals surface area contributed by atoms with Crippen LogP contribution in [0, 0.1) is 11.8 Å². The maximum absolute atomic E-state index is 12.6. The number of hydrogen-bond acceptors (Lipinski definition) is 11. The topological polar surface area (TPSA) is 191 Å². The summed E-state index contributed by atoms with van der Waals surface area (Å²) in [6.07, 6.45) is -0.0710. The normalized spacial score (nSPS) is 38.7. The Kier molecular flexibility index (Phi) is 10.8. The number of aliphatic hydroxyl groups is 3. The molecule has 1 saturated heterocycles. The molecule has 218 valence electrons. The van der Waals surface area contributed by atoms with E-state index in [0.29, 0.717) is 26.0 Å². The molecule has 0 bridgehead atoms. The standard InChI is InChI=1S/C26H46N4O8/c1-14-9-20(32)26(35-13-14)38-24-18(30-25(34)19(31)7-8-27)10-17(28)23(22(24)33)37-21-4-2-3-16(36-21)12-29-11-15-5-6-15/h3,14-15,17-24,26,29,31-33H,2,4-13,27-28H2,1H3,(H,30,34)/t14-,17-,18+,19+,20+,21+,22-,23+,24-,26+/m0/s1. The molecule has 9 N–H and O–H groups in total. The lowest BCUT2D eigenvalue weighted by Crippen LogP contribution is -2.66. The van der Waals surface area contributed by atoms with Crippen molar-refractivity contribution in [3.8, 4) is 0 Å². The average Bonchev–Trinajstić information content (AvgIpc) is 3.70. The Morgan fingerprint density at radius 1 is 1.21 bits per heavy atom. The molecule has 0 aromatic carbocycles. The summed E-state index contributed by atoms with van der Waals surface area (Å²) in [4.78, 5) is 12.6. The molecule has 2 heterocycles. The van der Waals surface area contributed by atoms with Crippen LogP contribution in [0.3, 0.4) is 0 Å². The molecule has 12 nitrogen and oxygen atoms in total. The van der Waals surface area contributed by atoms with E-state index in [9.17, 15) is 20.1 Å². The minimum atomic E-state index is -1.30. The van der Waals surface area contributed by atoms with Gasteiger partial charge in [0.2, 0.25) is 5.91 Å². The number of carbonyl (C=O) groups is 1. The van der Waals surface area contributed by atoms with E-state index in [2.05, 4.69) is 10.6 Å². The van der Waals surface area contributed by atoms with Gasteiger partial charge in [-0.1, -0.05) is 6.92 Å². The number of allylic oxidation sites excluding steroid dienone is 1. The summed E-state index contributed by atoms with van der Waals surface area (Å²) in [5, 5.41) is 38.2. The van der Waals surface area contributed by atoms with Gasteiger partial charge >= 0.3 is 0 Å². The van der Waals surface area contributed by atoms with E-state index in [1.165, 1.54) is 12.8 Å². The number of aliphatic hydroxyl groups excluding tert-OH is 3. The number of hydrogen-bond donors (Lipinski definition) is 7. The third-order valence-corrected chi connectivity index (χ3v) is 7.68. The Labute approximate surface area is 224 Å². The first-order valence-electron chi connectivity index (χ1n) is 14.0. The van der Waals surface area contributed by atoms with Gasteiger partial charge in [-0.15, -0.1) is 0 Å². The lowest BCUT2D eigenvalue weighted by molar-refractivity contribution is -0.282. The molecule has 10 atom stereocenters. The molecule has 12 heteroatoms. The van der Waals surface area contributed by atoms with Gasteiger partial charge in [-0.05, 0) is 69.5 Å². The highest BCUT2D eigenvalue weighted by Gasteiger charge is 2.48. The fourth-order valence-electron chi connectivity index (χ4n) is 5.31. The number of nitrogens with two attached hydrogens (primary N) is 2. The molecule has 0 radical (unpaired) electrons. The minimum absolute atomic E-state index is 0.0944. The van der Waals surface area contributed by atoms with Crippen LogP contribution in [0.15, 0.2) is 11.8 Å². The largest absolute Gasteiger partial charge is 0.468 e. The Morgan fingerprint density at radius 2 is 2.00 bits per heavy atom. The average molecular weight is 543 g/mol. The minimum Gasteiger partial charge on any atom is -0.468 e. The Morgan fingerprint density at radius 3 is 2.71 bits per heavy atom.